The summed E-state index contributed by atoms with van der Waals surface area (Å²) >= 11 is 0. The number of carbonyl (C=O) groups is 2. The number of likely N-dealkylation sites (tertiary alicyclic amines) is 1. The zero-order valence-corrected chi connectivity index (χ0v) is 15.7. The van der Waals surface area contributed by atoms with Gasteiger partial charge < -0.3 is 25.2 Å². The lowest BCUT2D eigenvalue weighted by molar-refractivity contribution is -0.139. The maximum atomic E-state index is 12.8. The van der Waals surface area contributed by atoms with Gasteiger partial charge in [0.2, 0.25) is 0 Å². The maximum Gasteiger partial charge on any atom is 0.295 e. The Kier molecular flexibility index (Phi) is 5.65. The van der Waals surface area contributed by atoms with Crippen molar-refractivity contribution < 1.29 is 24.2 Å². The average Bonchev–Trinajstić information content (AvgIpc) is 2.98. The second kappa shape index (κ2) is 8.14. The number of hydrogen-bond acceptors (Lipinski definition) is 6. The Morgan fingerprint density at radius 1 is 1.07 bits per heavy atom. The first-order chi connectivity index (χ1) is 13.5. The quantitative estimate of drug-likeness (QED) is 0.451. The topological polar surface area (TPSA) is 102 Å². The van der Waals surface area contributed by atoms with Crippen molar-refractivity contribution in [3.8, 4) is 11.5 Å². The number of carbonyl (C=O) groups excluding carboxylic acids is 2. The number of methoxy groups -OCH3 is 2. The molecule has 0 unspecified atom stereocenters. The molecule has 0 spiro atoms. The Hall–Kier alpha value is -3.32. The molecule has 2 aromatic carbocycles. The van der Waals surface area contributed by atoms with Crippen LogP contribution in [0.3, 0.4) is 0 Å². The van der Waals surface area contributed by atoms with E-state index in [2.05, 4.69) is 0 Å². The zero-order chi connectivity index (χ0) is 20.3. The fourth-order valence-corrected chi connectivity index (χ4v) is 3.37. The van der Waals surface area contributed by atoms with Crippen molar-refractivity contribution in [3.05, 3.63) is 65.2 Å². The molecule has 28 heavy (non-hydrogen) atoms. The van der Waals surface area contributed by atoms with Crippen LogP contribution < -0.4 is 15.2 Å². The molecule has 1 aliphatic heterocycles. The molecule has 1 saturated heterocycles. The minimum Gasteiger partial charge on any atom is -0.507 e. The Bertz CT molecular complexity index is 924. The van der Waals surface area contributed by atoms with E-state index in [1.165, 1.54) is 19.1 Å². The third kappa shape index (κ3) is 3.32. The van der Waals surface area contributed by atoms with Gasteiger partial charge in [0.15, 0.2) is 11.5 Å². The number of nitrogens with zero attached hydrogens (tertiary/aromatic N) is 1. The maximum absolute atomic E-state index is 12.8. The predicted octanol–water partition coefficient (Wildman–Crippen LogP) is 2.08. The van der Waals surface area contributed by atoms with Crippen LogP contribution in [0.4, 0.5) is 0 Å². The first-order valence-corrected chi connectivity index (χ1v) is 8.79. The molecule has 0 bridgehead atoms. The van der Waals surface area contributed by atoms with E-state index in [0.29, 0.717) is 22.6 Å². The van der Waals surface area contributed by atoms with Crippen LogP contribution in [0, 0.1) is 0 Å². The summed E-state index contributed by atoms with van der Waals surface area (Å²) in [6.07, 6.45) is 0. The SMILES string of the molecule is COc1ccc([C@@H]2C(=C(O)c3ccccc3)C(=O)C(=O)N2CCN)cc1OC. The fourth-order valence-electron chi connectivity index (χ4n) is 3.37. The third-order valence-corrected chi connectivity index (χ3v) is 4.68. The van der Waals surface area contributed by atoms with Gasteiger partial charge in [0, 0.05) is 18.7 Å². The van der Waals surface area contributed by atoms with Crippen LogP contribution in [0.25, 0.3) is 5.76 Å². The summed E-state index contributed by atoms with van der Waals surface area (Å²) < 4.78 is 10.6. The van der Waals surface area contributed by atoms with Crippen molar-refractivity contribution in [2.75, 3.05) is 27.3 Å². The van der Waals surface area contributed by atoms with Crippen molar-refractivity contribution in [2.24, 2.45) is 5.73 Å². The molecule has 3 N–H and O–H groups in total. The Morgan fingerprint density at radius 3 is 2.36 bits per heavy atom. The Morgan fingerprint density at radius 2 is 1.75 bits per heavy atom. The van der Waals surface area contributed by atoms with E-state index >= 15 is 0 Å². The minimum atomic E-state index is -0.774. The molecule has 1 heterocycles. The number of nitrogens with two attached hydrogens (primary N) is 1. The molecule has 1 aliphatic rings. The molecule has 0 radical (unpaired) electrons. The lowest BCUT2D eigenvalue weighted by atomic mass is 9.95. The number of Topliss-reactive ketones (excluding diaryl/α,β-unsaturated/α-hetero) is 1. The van der Waals surface area contributed by atoms with Crippen LogP contribution >= 0.6 is 0 Å². The largest absolute Gasteiger partial charge is 0.507 e. The summed E-state index contributed by atoms with van der Waals surface area (Å²) in [5.74, 6) is -0.682. The van der Waals surface area contributed by atoms with Crippen LogP contribution in [-0.4, -0.2) is 49.0 Å². The first-order valence-electron chi connectivity index (χ1n) is 8.79. The molecule has 1 atom stereocenters. The zero-order valence-electron chi connectivity index (χ0n) is 15.7. The molecule has 7 heteroatoms. The summed E-state index contributed by atoms with van der Waals surface area (Å²) in [5.41, 5.74) is 6.76. The van der Waals surface area contributed by atoms with E-state index < -0.39 is 17.7 Å². The second-order valence-electron chi connectivity index (χ2n) is 6.26. The normalized spacial score (nSPS) is 18.4. The number of benzene rings is 2. The van der Waals surface area contributed by atoms with Crippen LogP contribution in [-0.2, 0) is 9.59 Å². The van der Waals surface area contributed by atoms with Gasteiger partial charge in [-0.25, -0.2) is 0 Å². The highest BCUT2D eigenvalue weighted by molar-refractivity contribution is 6.46. The highest BCUT2D eigenvalue weighted by Gasteiger charge is 2.45. The molecule has 146 valence electrons. The first kappa shape index (κ1) is 19.4. The number of rotatable bonds is 6. The summed E-state index contributed by atoms with van der Waals surface area (Å²) in [4.78, 5) is 26.8. The molecular formula is C21H22N2O5. The Labute approximate surface area is 163 Å². The van der Waals surface area contributed by atoms with Crippen molar-refractivity contribution >= 4 is 17.4 Å². The van der Waals surface area contributed by atoms with Gasteiger partial charge in [0.1, 0.15) is 5.76 Å². The van der Waals surface area contributed by atoms with Crippen molar-refractivity contribution in [1.82, 2.24) is 4.90 Å². The molecular weight excluding hydrogens is 360 g/mol. The average molecular weight is 382 g/mol. The van der Waals surface area contributed by atoms with Gasteiger partial charge in [-0.05, 0) is 17.7 Å². The number of hydrogen-bond donors (Lipinski definition) is 2. The summed E-state index contributed by atoms with van der Waals surface area (Å²) in [6.45, 7) is 0.358. The molecule has 2 aromatic rings. The van der Waals surface area contributed by atoms with Gasteiger partial charge in [0.05, 0.1) is 25.8 Å². The van der Waals surface area contributed by atoms with Gasteiger partial charge in [-0.15, -0.1) is 0 Å². The summed E-state index contributed by atoms with van der Waals surface area (Å²) in [6, 6.07) is 13.0. The lowest BCUT2D eigenvalue weighted by Gasteiger charge is -2.25. The molecule has 1 fully saturated rings. The van der Waals surface area contributed by atoms with E-state index in [1.54, 1.807) is 48.5 Å². The van der Waals surface area contributed by atoms with Crippen molar-refractivity contribution in [2.45, 2.75) is 6.04 Å². The highest BCUT2D eigenvalue weighted by Crippen LogP contribution is 2.41. The van der Waals surface area contributed by atoms with Gasteiger partial charge in [-0.2, -0.15) is 0 Å². The lowest BCUT2D eigenvalue weighted by Crippen LogP contribution is -2.34. The van der Waals surface area contributed by atoms with E-state index in [1.807, 2.05) is 0 Å². The highest BCUT2D eigenvalue weighted by atomic mass is 16.5. The summed E-state index contributed by atoms with van der Waals surface area (Å²) in [7, 11) is 3.02. The standard InChI is InChI=1S/C21H22N2O5/c1-27-15-9-8-14(12-16(15)28-2)18-17(19(24)13-6-4-3-5-7-13)20(25)21(26)23(18)11-10-22/h3-9,12,18,24H,10-11,22H2,1-2H3/t18-/m1/s1. The van der Waals surface area contributed by atoms with Gasteiger partial charge in [0.25, 0.3) is 11.7 Å². The molecule has 0 saturated carbocycles. The smallest absolute Gasteiger partial charge is 0.295 e. The van der Waals surface area contributed by atoms with E-state index in [0.717, 1.165) is 0 Å². The van der Waals surface area contributed by atoms with Crippen molar-refractivity contribution in [1.29, 1.82) is 0 Å². The third-order valence-electron chi connectivity index (χ3n) is 4.68. The minimum absolute atomic E-state index is 0.0249. The number of ether oxygens (including phenoxy) is 2. The molecule has 0 aliphatic carbocycles. The molecule has 1 amide bonds. The van der Waals surface area contributed by atoms with Crippen LogP contribution in [0.15, 0.2) is 54.1 Å². The second-order valence-corrected chi connectivity index (χ2v) is 6.26. The van der Waals surface area contributed by atoms with Crippen LogP contribution in [0.1, 0.15) is 17.2 Å². The monoisotopic (exact) mass is 382 g/mol. The van der Waals surface area contributed by atoms with Gasteiger partial charge in [-0.3, -0.25) is 9.59 Å². The van der Waals surface area contributed by atoms with Gasteiger partial charge >= 0.3 is 0 Å². The molecule has 3 rings (SSSR count). The predicted molar refractivity (Wildman–Crippen MR) is 104 cm³/mol. The van der Waals surface area contributed by atoms with Crippen LogP contribution in [0.5, 0.6) is 11.5 Å². The van der Waals surface area contributed by atoms with Gasteiger partial charge in [-0.1, -0.05) is 36.4 Å². The summed E-state index contributed by atoms with van der Waals surface area (Å²) in [5, 5.41) is 10.8. The number of aliphatic hydroxyl groups is 1. The molecule has 7 nitrogen and oxygen atoms in total. The fraction of sp³-hybridized carbons (Fsp3) is 0.238. The van der Waals surface area contributed by atoms with Crippen LogP contribution in [0.2, 0.25) is 0 Å². The van der Waals surface area contributed by atoms with E-state index in [-0.39, 0.29) is 24.4 Å². The van der Waals surface area contributed by atoms with E-state index in [4.69, 9.17) is 15.2 Å². The van der Waals surface area contributed by atoms with E-state index in [9.17, 15) is 14.7 Å². The molecule has 0 aromatic heterocycles. The van der Waals surface area contributed by atoms with Crippen molar-refractivity contribution in [3.63, 3.8) is 0 Å². The number of ketones is 1. The number of amides is 1. The Balaban J connectivity index is 2.20. The number of aliphatic hydroxyl groups excluding tert-OH is 1.